The third-order valence-electron chi connectivity index (χ3n) is 4.09. The first-order valence-corrected chi connectivity index (χ1v) is 10.8. The van der Waals surface area contributed by atoms with Gasteiger partial charge >= 0.3 is 0 Å². The average Bonchev–Trinajstić information content (AvgIpc) is 2.70. The van der Waals surface area contributed by atoms with Crippen LogP contribution >= 0.6 is 23.2 Å². The molecule has 0 aliphatic heterocycles. The van der Waals surface area contributed by atoms with Crippen LogP contribution in [-0.2, 0) is 10.0 Å². The molecular formula is C20H17Cl2N3O3S. The molecule has 0 unspecified atom stereocenters. The van der Waals surface area contributed by atoms with E-state index in [4.69, 9.17) is 23.2 Å². The molecule has 1 N–H and O–H groups in total. The van der Waals surface area contributed by atoms with E-state index < -0.39 is 15.9 Å². The number of carbonyl (C=O) groups is 1. The molecule has 1 amide bonds. The van der Waals surface area contributed by atoms with Crippen molar-refractivity contribution in [3.63, 3.8) is 0 Å². The highest BCUT2D eigenvalue weighted by Crippen LogP contribution is 2.30. The van der Waals surface area contributed by atoms with E-state index in [-0.39, 0.29) is 32.9 Å². The highest BCUT2D eigenvalue weighted by molar-refractivity contribution is 7.93. The fourth-order valence-corrected chi connectivity index (χ4v) is 4.92. The van der Waals surface area contributed by atoms with Crippen LogP contribution in [0.25, 0.3) is 0 Å². The molecule has 0 saturated carbocycles. The van der Waals surface area contributed by atoms with Crippen LogP contribution in [0.4, 0.5) is 11.4 Å². The topological polar surface area (TPSA) is 79.4 Å². The number of benzene rings is 2. The molecular weight excluding hydrogens is 433 g/mol. The minimum absolute atomic E-state index is 0.0491. The molecule has 0 saturated heterocycles. The Bertz CT molecular complexity index is 1140. The van der Waals surface area contributed by atoms with E-state index in [1.807, 2.05) is 0 Å². The number of aromatic nitrogens is 1. The summed E-state index contributed by atoms with van der Waals surface area (Å²) in [5.41, 5.74) is 0.956. The van der Waals surface area contributed by atoms with E-state index in [1.54, 1.807) is 43.3 Å². The Morgan fingerprint density at radius 1 is 1.07 bits per heavy atom. The van der Waals surface area contributed by atoms with E-state index in [0.29, 0.717) is 5.69 Å². The predicted molar refractivity (Wildman–Crippen MR) is 115 cm³/mol. The van der Waals surface area contributed by atoms with Crippen LogP contribution < -0.4 is 9.62 Å². The number of anilines is 2. The zero-order valence-electron chi connectivity index (χ0n) is 15.3. The van der Waals surface area contributed by atoms with Crippen molar-refractivity contribution >= 4 is 50.5 Å². The van der Waals surface area contributed by atoms with Crippen molar-refractivity contribution in [1.82, 2.24) is 4.98 Å². The molecule has 0 bridgehead atoms. The maximum atomic E-state index is 13.2. The Labute approximate surface area is 179 Å². The molecule has 0 spiro atoms. The van der Waals surface area contributed by atoms with Gasteiger partial charge in [0, 0.05) is 18.4 Å². The van der Waals surface area contributed by atoms with Crippen molar-refractivity contribution in [3.8, 4) is 0 Å². The van der Waals surface area contributed by atoms with Crippen molar-refractivity contribution in [3.05, 3.63) is 82.6 Å². The van der Waals surface area contributed by atoms with Crippen LogP contribution in [0.15, 0.2) is 71.8 Å². The Balaban J connectivity index is 1.96. The van der Waals surface area contributed by atoms with Gasteiger partial charge in [0.2, 0.25) is 0 Å². The van der Waals surface area contributed by atoms with E-state index >= 15 is 0 Å². The summed E-state index contributed by atoms with van der Waals surface area (Å²) >= 11 is 12.1. The van der Waals surface area contributed by atoms with Gasteiger partial charge in [0.15, 0.2) is 0 Å². The molecule has 150 valence electrons. The lowest BCUT2D eigenvalue weighted by Crippen LogP contribution is -2.31. The minimum atomic E-state index is -3.95. The molecule has 0 aliphatic carbocycles. The third-order valence-corrected chi connectivity index (χ3v) is 6.78. The van der Waals surface area contributed by atoms with E-state index in [9.17, 15) is 13.2 Å². The lowest BCUT2D eigenvalue weighted by molar-refractivity contribution is 0.102. The standard InChI is InChI=1S/C20H17Cl2N3O3S/c1-2-25(15-7-4-3-5-8-15)29(27,28)18-13-14(10-11-17(18)21)24-20(26)16-9-6-12-23-19(16)22/h3-13H,2H2,1H3,(H,24,26). The zero-order valence-corrected chi connectivity index (χ0v) is 17.7. The maximum Gasteiger partial charge on any atom is 0.265 e. The number of sulfonamides is 1. The summed E-state index contributed by atoms with van der Waals surface area (Å²) < 4.78 is 27.7. The second-order valence-electron chi connectivity index (χ2n) is 5.95. The molecule has 0 atom stereocenters. The second-order valence-corrected chi connectivity index (χ2v) is 8.54. The van der Waals surface area contributed by atoms with Crippen molar-refractivity contribution in [2.45, 2.75) is 11.8 Å². The normalized spacial score (nSPS) is 11.1. The number of nitrogens with one attached hydrogen (secondary N) is 1. The van der Waals surface area contributed by atoms with Crippen molar-refractivity contribution < 1.29 is 13.2 Å². The van der Waals surface area contributed by atoms with Gasteiger partial charge in [-0.1, -0.05) is 41.4 Å². The van der Waals surface area contributed by atoms with Crippen LogP contribution in [0.3, 0.4) is 0 Å². The average molecular weight is 450 g/mol. The maximum absolute atomic E-state index is 13.2. The number of hydrogen-bond donors (Lipinski definition) is 1. The summed E-state index contributed by atoms with van der Waals surface area (Å²) in [7, 11) is -3.95. The molecule has 6 nitrogen and oxygen atoms in total. The van der Waals surface area contributed by atoms with Gasteiger partial charge < -0.3 is 5.32 Å². The monoisotopic (exact) mass is 449 g/mol. The predicted octanol–water partition coefficient (Wildman–Crippen LogP) is 4.86. The summed E-state index contributed by atoms with van der Waals surface area (Å²) in [6, 6.07) is 16.1. The van der Waals surface area contributed by atoms with Crippen molar-refractivity contribution in [2.24, 2.45) is 0 Å². The van der Waals surface area contributed by atoms with E-state index in [2.05, 4.69) is 10.3 Å². The van der Waals surface area contributed by atoms with Gasteiger partial charge in [0.05, 0.1) is 16.3 Å². The van der Waals surface area contributed by atoms with Crippen LogP contribution in [-0.4, -0.2) is 25.9 Å². The van der Waals surface area contributed by atoms with Gasteiger partial charge in [0.25, 0.3) is 15.9 Å². The van der Waals surface area contributed by atoms with Crippen LogP contribution in [0.1, 0.15) is 17.3 Å². The van der Waals surface area contributed by atoms with Gasteiger partial charge in [-0.2, -0.15) is 0 Å². The fraction of sp³-hybridized carbons (Fsp3) is 0.100. The quantitative estimate of drug-likeness (QED) is 0.545. The first-order chi connectivity index (χ1) is 13.8. The lowest BCUT2D eigenvalue weighted by Gasteiger charge is -2.23. The first-order valence-electron chi connectivity index (χ1n) is 8.63. The van der Waals surface area contributed by atoms with Gasteiger partial charge in [-0.25, -0.2) is 13.4 Å². The Kier molecular flexibility index (Phi) is 6.42. The summed E-state index contributed by atoms with van der Waals surface area (Å²) in [5, 5.41) is 2.73. The number of carbonyl (C=O) groups excluding carboxylic acids is 1. The molecule has 0 radical (unpaired) electrons. The number of amides is 1. The largest absolute Gasteiger partial charge is 0.322 e. The Morgan fingerprint density at radius 3 is 2.45 bits per heavy atom. The Morgan fingerprint density at radius 2 is 1.79 bits per heavy atom. The molecule has 1 aromatic heterocycles. The summed E-state index contributed by atoms with van der Waals surface area (Å²) in [4.78, 5) is 16.2. The van der Waals surface area contributed by atoms with Gasteiger partial charge in [-0.05, 0) is 49.4 Å². The van der Waals surface area contributed by atoms with E-state index in [1.165, 1.54) is 34.8 Å². The minimum Gasteiger partial charge on any atom is -0.322 e. The van der Waals surface area contributed by atoms with Crippen molar-refractivity contribution in [1.29, 1.82) is 0 Å². The first kappa shape index (κ1) is 21.1. The number of pyridine rings is 1. The van der Waals surface area contributed by atoms with Crippen molar-refractivity contribution in [2.75, 3.05) is 16.2 Å². The summed E-state index contributed by atoms with van der Waals surface area (Å²) in [5.74, 6) is -0.510. The third kappa shape index (κ3) is 4.53. The number of para-hydroxylation sites is 1. The smallest absolute Gasteiger partial charge is 0.265 e. The SMILES string of the molecule is CCN(c1ccccc1)S(=O)(=O)c1cc(NC(=O)c2cccnc2Cl)ccc1Cl. The zero-order chi connectivity index (χ0) is 21.0. The van der Waals surface area contributed by atoms with Gasteiger partial charge in [-0.15, -0.1) is 0 Å². The Hall–Kier alpha value is -2.61. The van der Waals surface area contributed by atoms with Crippen LogP contribution in [0.2, 0.25) is 10.2 Å². The lowest BCUT2D eigenvalue weighted by atomic mass is 10.2. The molecule has 3 rings (SSSR count). The molecule has 29 heavy (non-hydrogen) atoms. The van der Waals surface area contributed by atoms with Crippen LogP contribution in [0.5, 0.6) is 0 Å². The van der Waals surface area contributed by atoms with Crippen LogP contribution in [0, 0.1) is 0 Å². The summed E-state index contributed by atoms with van der Waals surface area (Å²) in [6.07, 6.45) is 1.47. The number of hydrogen-bond acceptors (Lipinski definition) is 4. The number of rotatable bonds is 6. The molecule has 0 fully saturated rings. The highest BCUT2D eigenvalue weighted by Gasteiger charge is 2.26. The van der Waals surface area contributed by atoms with Gasteiger partial charge in [-0.3, -0.25) is 9.10 Å². The molecule has 0 aliphatic rings. The summed E-state index contributed by atoms with van der Waals surface area (Å²) in [6.45, 7) is 1.94. The highest BCUT2D eigenvalue weighted by atomic mass is 35.5. The number of nitrogens with zero attached hydrogens (tertiary/aromatic N) is 2. The van der Waals surface area contributed by atoms with Gasteiger partial charge in [0.1, 0.15) is 10.0 Å². The molecule has 9 heteroatoms. The molecule has 3 aromatic rings. The second kappa shape index (κ2) is 8.82. The molecule has 2 aromatic carbocycles. The van der Waals surface area contributed by atoms with E-state index in [0.717, 1.165) is 0 Å². The fourth-order valence-electron chi connectivity index (χ4n) is 2.74. The molecule has 1 heterocycles. The number of halogens is 2.